The van der Waals surface area contributed by atoms with Crippen molar-refractivity contribution in [1.82, 2.24) is 4.98 Å². The highest BCUT2D eigenvalue weighted by Gasteiger charge is 2.32. The maximum absolute atomic E-state index is 12.2. The molecular weight excluding hydrogens is 231 g/mol. The van der Waals surface area contributed by atoms with Crippen LogP contribution < -0.4 is 4.74 Å². The second-order valence-corrected chi connectivity index (χ2v) is 4.50. The summed E-state index contributed by atoms with van der Waals surface area (Å²) in [6.45, 7) is 7.53. The molecule has 17 heavy (non-hydrogen) atoms. The molecule has 0 saturated carbocycles. The van der Waals surface area contributed by atoms with Gasteiger partial charge in [0.05, 0.1) is 6.20 Å². The van der Waals surface area contributed by atoms with Crippen molar-refractivity contribution in [1.29, 1.82) is 0 Å². The van der Waals surface area contributed by atoms with E-state index in [9.17, 15) is 13.2 Å². The Morgan fingerprint density at radius 3 is 2.12 bits per heavy atom. The van der Waals surface area contributed by atoms with Crippen molar-refractivity contribution >= 4 is 0 Å². The van der Waals surface area contributed by atoms with Crippen molar-refractivity contribution in [2.75, 3.05) is 0 Å². The summed E-state index contributed by atoms with van der Waals surface area (Å²) in [5, 5.41) is 0. The van der Waals surface area contributed by atoms with E-state index in [1.165, 1.54) is 0 Å². The zero-order valence-electron chi connectivity index (χ0n) is 10.3. The van der Waals surface area contributed by atoms with Crippen LogP contribution in [0, 0.1) is 0 Å². The zero-order chi connectivity index (χ0) is 13.2. The molecule has 0 atom stereocenters. The van der Waals surface area contributed by atoms with Gasteiger partial charge in [0.2, 0.25) is 0 Å². The number of alkyl halides is 3. The molecule has 1 rings (SSSR count). The topological polar surface area (TPSA) is 22.1 Å². The molecule has 0 spiro atoms. The van der Waals surface area contributed by atoms with Crippen LogP contribution in [0.1, 0.15) is 50.8 Å². The molecule has 0 saturated heterocycles. The zero-order valence-corrected chi connectivity index (χ0v) is 10.3. The van der Waals surface area contributed by atoms with Crippen molar-refractivity contribution < 1.29 is 17.9 Å². The molecule has 1 aromatic heterocycles. The molecule has 5 heteroatoms. The highest BCUT2D eigenvalue weighted by molar-refractivity contribution is 5.35. The Hall–Kier alpha value is -1.26. The molecule has 0 aromatic carbocycles. The third-order valence-corrected chi connectivity index (χ3v) is 2.36. The number of aromatic nitrogens is 1. The van der Waals surface area contributed by atoms with Crippen molar-refractivity contribution in [3.8, 4) is 5.75 Å². The number of nitrogens with zero attached hydrogens (tertiary/aromatic N) is 1. The minimum absolute atomic E-state index is 0.0483. The third kappa shape index (κ3) is 3.91. The van der Waals surface area contributed by atoms with Gasteiger partial charge in [0, 0.05) is 11.3 Å². The molecule has 0 N–H and O–H groups in total. The second kappa shape index (κ2) is 4.94. The summed E-state index contributed by atoms with van der Waals surface area (Å²) < 4.78 is 40.5. The molecular formula is C12H16F3NO. The summed E-state index contributed by atoms with van der Waals surface area (Å²) in [5.41, 5.74) is 1.30. The van der Waals surface area contributed by atoms with Crippen LogP contribution in [-0.4, -0.2) is 11.3 Å². The van der Waals surface area contributed by atoms with Crippen molar-refractivity contribution in [2.24, 2.45) is 0 Å². The molecule has 0 unspecified atom stereocenters. The highest BCUT2D eigenvalue weighted by Crippen LogP contribution is 2.32. The maximum Gasteiger partial charge on any atom is 0.573 e. The van der Waals surface area contributed by atoms with Gasteiger partial charge in [-0.2, -0.15) is 0 Å². The lowest BCUT2D eigenvalue weighted by Crippen LogP contribution is -2.18. The number of hydrogen-bond donors (Lipinski definition) is 0. The number of ether oxygens (including phenoxy) is 1. The average molecular weight is 247 g/mol. The van der Waals surface area contributed by atoms with Crippen molar-refractivity contribution in [2.45, 2.75) is 45.9 Å². The minimum Gasteiger partial charge on any atom is -0.404 e. The van der Waals surface area contributed by atoms with E-state index >= 15 is 0 Å². The van der Waals surface area contributed by atoms with Crippen LogP contribution in [0.5, 0.6) is 5.75 Å². The molecule has 0 radical (unpaired) electrons. The SMILES string of the molecule is CC(C)c1cc(C(C)C)c(OC(F)(F)F)cn1. The van der Waals surface area contributed by atoms with E-state index in [1.54, 1.807) is 6.07 Å². The lowest BCUT2D eigenvalue weighted by molar-refractivity contribution is -0.275. The van der Waals surface area contributed by atoms with Crippen LogP contribution >= 0.6 is 0 Å². The monoisotopic (exact) mass is 247 g/mol. The maximum atomic E-state index is 12.2. The minimum atomic E-state index is -4.68. The Morgan fingerprint density at radius 1 is 1.12 bits per heavy atom. The Bertz CT molecular complexity index is 386. The Morgan fingerprint density at radius 2 is 1.71 bits per heavy atom. The van der Waals surface area contributed by atoms with Crippen LogP contribution in [0.3, 0.4) is 0 Å². The lowest BCUT2D eigenvalue weighted by atomic mass is 9.99. The predicted octanol–water partition coefficient (Wildman–Crippen LogP) is 4.23. The number of hydrogen-bond acceptors (Lipinski definition) is 2. The number of pyridine rings is 1. The van der Waals surface area contributed by atoms with Gasteiger partial charge in [-0.25, -0.2) is 0 Å². The molecule has 1 aromatic rings. The first-order chi connectivity index (χ1) is 7.70. The molecule has 1 heterocycles. The van der Waals surface area contributed by atoms with Crippen LogP contribution in [0.2, 0.25) is 0 Å². The van der Waals surface area contributed by atoms with Gasteiger partial charge in [-0.15, -0.1) is 13.2 Å². The predicted molar refractivity (Wildman–Crippen MR) is 59.1 cm³/mol. The van der Waals surface area contributed by atoms with E-state index in [0.717, 1.165) is 11.9 Å². The van der Waals surface area contributed by atoms with E-state index < -0.39 is 6.36 Å². The van der Waals surface area contributed by atoms with E-state index in [1.807, 2.05) is 27.7 Å². The first-order valence-electron chi connectivity index (χ1n) is 5.46. The Balaban J connectivity index is 3.13. The smallest absolute Gasteiger partial charge is 0.404 e. The Kier molecular flexibility index (Phi) is 4.01. The second-order valence-electron chi connectivity index (χ2n) is 4.50. The molecule has 2 nitrogen and oxygen atoms in total. The summed E-state index contributed by atoms with van der Waals surface area (Å²) in [6.07, 6.45) is -3.52. The number of halogens is 3. The summed E-state index contributed by atoms with van der Waals surface area (Å²) in [5.74, 6) is -0.0859. The van der Waals surface area contributed by atoms with Crippen LogP contribution in [-0.2, 0) is 0 Å². The van der Waals surface area contributed by atoms with Gasteiger partial charge in [-0.3, -0.25) is 4.98 Å². The molecule has 0 fully saturated rings. The fraction of sp³-hybridized carbons (Fsp3) is 0.583. The van der Waals surface area contributed by atoms with E-state index in [-0.39, 0.29) is 17.6 Å². The highest BCUT2D eigenvalue weighted by atomic mass is 19.4. The standard InChI is InChI=1S/C12H16F3NO/c1-7(2)9-5-10(8(3)4)16-6-11(9)17-12(13,14)15/h5-8H,1-4H3. The molecule has 0 amide bonds. The van der Waals surface area contributed by atoms with Crippen LogP contribution in [0.4, 0.5) is 13.2 Å². The van der Waals surface area contributed by atoms with Crippen molar-refractivity contribution in [3.63, 3.8) is 0 Å². The van der Waals surface area contributed by atoms with Gasteiger partial charge in [-0.05, 0) is 17.9 Å². The van der Waals surface area contributed by atoms with Gasteiger partial charge in [0.25, 0.3) is 0 Å². The van der Waals surface area contributed by atoms with Crippen LogP contribution in [0.15, 0.2) is 12.3 Å². The first-order valence-corrected chi connectivity index (χ1v) is 5.46. The van der Waals surface area contributed by atoms with Gasteiger partial charge in [0.1, 0.15) is 0 Å². The molecule has 0 aliphatic heterocycles. The fourth-order valence-electron chi connectivity index (χ4n) is 1.45. The quantitative estimate of drug-likeness (QED) is 0.797. The van der Waals surface area contributed by atoms with Crippen molar-refractivity contribution in [3.05, 3.63) is 23.5 Å². The fourth-order valence-corrected chi connectivity index (χ4v) is 1.45. The molecule has 0 bridgehead atoms. The van der Waals surface area contributed by atoms with Gasteiger partial charge < -0.3 is 4.74 Å². The summed E-state index contributed by atoms with van der Waals surface area (Å²) in [6, 6.07) is 1.68. The average Bonchev–Trinajstić information content (AvgIpc) is 2.14. The summed E-state index contributed by atoms with van der Waals surface area (Å²) in [4.78, 5) is 3.98. The Labute approximate surface area is 98.8 Å². The summed E-state index contributed by atoms with van der Waals surface area (Å²) in [7, 11) is 0. The largest absolute Gasteiger partial charge is 0.573 e. The third-order valence-electron chi connectivity index (χ3n) is 2.36. The normalized spacial score (nSPS) is 12.3. The summed E-state index contributed by atoms with van der Waals surface area (Å²) >= 11 is 0. The van der Waals surface area contributed by atoms with E-state index in [2.05, 4.69) is 9.72 Å². The first kappa shape index (κ1) is 13.8. The van der Waals surface area contributed by atoms with Gasteiger partial charge in [-0.1, -0.05) is 27.7 Å². The number of rotatable bonds is 3. The van der Waals surface area contributed by atoms with E-state index in [0.29, 0.717) is 5.56 Å². The van der Waals surface area contributed by atoms with E-state index in [4.69, 9.17) is 0 Å². The molecule has 96 valence electrons. The molecule has 0 aliphatic rings. The molecule has 0 aliphatic carbocycles. The van der Waals surface area contributed by atoms with Gasteiger partial charge >= 0.3 is 6.36 Å². The van der Waals surface area contributed by atoms with Crippen LogP contribution in [0.25, 0.3) is 0 Å². The van der Waals surface area contributed by atoms with Gasteiger partial charge in [0.15, 0.2) is 5.75 Å². The lowest BCUT2D eigenvalue weighted by Gasteiger charge is -2.17.